The maximum absolute atomic E-state index is 5.92. The van der Waals surface area contributed by atoms with Crippen LogP contribution in [0.25, 0.3) is 0 Å². The van der Waals surface area contributed by atoms with Gasteiger partial charge in [0.2, 0.25) is 0 Å². The Balaban J connectivity index is 2.11. The molecule has 1 aliphatic heterocycles. The second kappa shape index (κ2) is 3.63. The van der Waals surface area contributed by atoms with Gasteiger partial charge in [-0.15, -0.1) is 0 Å². The van der Waals surface area contributed by atoms with Crippen LogP contribution in [-0.4, -0.2) is 13.2 Å². The molecule has 66 valence electrons. The van der Waals surface area contributed by atoms with E-state index in [0.29, 0.717) is 11.8 Å². The summed E-state index contributed by atoms with van der Waals surface area (Å²) in [4.78, 5) is 0. The van der Waals surface area contributed by atoms with Crippen molar-refractivity contribution in [3.63, 3.8) is 0 Å². The third-order valence-electron chi connectivity index (χ3n) is 2.56. The summed E-state index contributed by atoms with van der Waals surface area (Å²) in [7, 11) is 0. The average molecular weight is 185 g/mol. The zero-order valence-corrected chi connectivity index (χ0v) is 7.76. The molecular weight excluding hydrogens is 172 g/mol. The van der Waals surface area contributed by atoms with Crippen molar-refractivity contribution in [2.75, 3.05) is 13.2 Å². The molecule has 0 amide bonds. The lowest BCUT2D eigenvalue weighted by Crippen LogP contribution is -2.15. The first-order valence-corrected chi connectivity index (χ1v) is 4.87. The van der Waals surface area contributed by atoms with Crippen LogP contribution >= 0.6 is 11.6 Å². The molecule has 0 radical (unpaired) electrons. The number of allylic oxidation sites excluding steroid dienone is 3. The molecule has 0 spiro atoms. The molecule has 2 rings (SSSR count). The Labute approximate surface area is 78.0 Å². The van der Waals surface area contributed by atoms with Crippen molar-refractivity contribution in [3.8, 4) is 0 Å². The van der Waals surface area contributed by atoms with Gasteiger partial charge in [0.25, 0.3) is 0 Å². The summed E-state index contributed by atoms with van der Waals surface area (Å²) in [6, 6.07) is 0. The summed E-state index contributed by atoms with van der Waals surface area (Å²) in [5, 5.41) is 0.887. The van der Waals surface area contributed by atoms with Gasteiger partial charge in [-0.2, -0.15) is 0 Å². The number of halogens is 1. The third-order valence-corrected chi connectivity index (χ3v) is 2.81. The minimum atomic E-state index is 0.565. The SMILES string of the molecule is ClC1=CC2CCCOCC2C=C1. The maximum Gasteiger partial charge on any atom is 0.0534 e. The predicted molar refractivity (Wildman–Crippen MR) is 50.1 cm³/mol. The molecule has 1 nitrogen and oxygen atoms in total. The van der Waals surface area contributed by atoms with Crippen LogP contribution in [0, 0.1) is 11.8 Å². The largest absolute Gasteiger partial charge is 0.381 e. The Morgan fingerprint density at radius 2 is 2.33 bits per heavy atom. The molecule has 0 N–H and O–H groups in total. The minimum Gasteiger partial charge on any atom is -0.381 e. The predicted octanol–water partition coefficient (Wildman–Crippen LogP) is 2.72. The summed E-state index contributed by atoms with van der Waals surface area (Å²) in [5.41, 5.74) is 0. The fourth-order valence-electron chi connectivity index (χ4n) is 1.86. The van der Waals surface area contributed by atoms with Gasteiger partial charge in [-0.05, 0) is 24.8 Å². The first-order valence-electron chi connectivity index (χ1n) is 4.49. The van der Waals surface area contributed by atoms with Crippen molar-refractivity contribution in [2.45, 2.75) is 12.8 Å². The number of ether oxygens (including phenoxy) is 1. The van der Waals surface area contributed by atoms with Gasteiger partial charge in [-0.3, -0.25) is 0 Å². The van der Waals surface area contributed by atoms with Crippen LogP contribution in [0.3, 0.4) is 0 Å². The summed E-state index contributed by atoms with van der Waals surface area (Å²) >= 11 is 5.92. The topological polar surface area (TPSA) is 9.23 Å². The van der Waals surface area contributed by atoms with Gasteiger partial charge in [0.1, 0.15) is 0 Å². The van der Waals surface area contributed by atoms with Crippen molar-refractivity contribution in [1.82, 2.24) is 0 Å². The molecule has 0 aromatic carbocycles. The molecule has 12 heavy (non-hydrogen) atoms. The highest BCUT2D eigenvalue weighted by atomic mass is 35.5. The van der Waals surface area contributed by atoms with E-state index in [0.717, 1.165) is 24.7 Å². The molecule has 0 aromatic heterocycles. The summed E-state index contributed by atoms with van der Waals surface area (Å²) < 4.78 is 5.48. The number of hydrogen-bond acceptors (Lipinski definition) is 1. The van der Waals surface area contributed by atoms with Crippen molar-refractivity contribution >= 4 is 11.6 Å². The zero-order valence-electron chi connectivity index (χ0n) is 7.00. The molecule has 0 saturated carbocycles. The Morgan fingerprint density at radius 3 is 3.25 bits per heavy atom. The van der Waals surface area contributed by atoms with Gasteiger partial charge in [0.05, 0.1) is 6.61 Å². The summed E-state index contributed by atoms with van der Waals surface area (Å²) in [6.07, 6.45) is 8.71. The normalized spacial score (nSPS) is 35.2. The van der Waals surface area contributed by atoms with Gasteiger partial charge < -0.3 is 4.74 Å². The van der Waals surface area contributed by atoms with Crippen LogP contribution in [0.5, 0.6) is 0 Å². The molecule has 0 aromatic rings. The quantitative estimate of drug-likeness (QED) is 0.563. The highest BCUT2D eigenvalue weighted by molar-refractivity contribution is 6.31. The van der Waals surface area contributed by atoms with Crippen molar-refractivity contribution in [2.24, 2.45) is 11.8 Å². The number of fused-ring (bicyclic) bond motifs is 1. The van der Waals surface area contributed by atoms with E-state index >= 15 is 0 Å². The van der Waals surface area contributed by atoms with Crippen molar-refractivity contribution in [3.05, 3.63) is 23.3 Å². The lowest BCUT2D eigenvalue weighted by molar-refractivity contribution is 0.123. The summed E-state index contributed by atoms with van der Waals surface area (Å²) in [5.74, 6) is 1.18. The monoisotopic (exact) mass is 184 g/mol. The van der Waals surface area contributed by atoms with Gasteiger partial charge in [-0.1, -0.05) is 23.8 Å². The molecule has 0 bridgehead atoms. The summed E-state index contributed by atoms with van der Waals surface area (Å²) in [6.45, 7) is 1.77. The van der Waals surface area contributed by atoms with Crippen LogP contribution in [0.15, 0.2) is 23.3 Å². The standard InChI is InChI=1S/C10H13ClO/c11-10-4-3-9-7-12-5-1-2-8(9)6-10/h3-4,6,8-9H,1-2,5,7H2. The van der Waals surface area contributed by atoms with E-state index < -0.39 is 0 Å². The van der Waals surface area contributed by atoms with E-state index in [1.807, 2.05) is 6.08 Å². The first-order chi connectivity index (χ1) is 5.86. The van der Waals surface area contributed by atoms with Gasteiger partial charge >= 0.3 is 0 Å². The number of hydrogen-bond donors (Lipinski definition) is 0. The zero-order chi connectivity index (χ0) is 8.39. The Morgan fingerprint density at radius 1 is 1.42 bits per heavy atom. The molecule has 2 unspecified atom stereocenters. The highest BCUT2D eigenvalue weighted by Crippen LogP contribution is 2.30. The molecule has 1 aliphatic carbocycles. The van der Waals surface area contributed by atoms with Gasteiger partial charge in [0.15, 0.2) is 0 Å². The van der Waals surface area contributed by atoms with Crippen molar-refractivity contribution in [1.29, 1.82) is 0 Å². The van der Waals surface area contributed by atoms with E-state index in [1.54, 1.807) is 0 Å². The Hall–Kier alpha value is -0.270. The lowest BCUT2D eigenvalue weighted by Gasteiger charge is -2.21. The van der Waals surface area contributed by atoms with E-state index in [1.165, 1.54) is 6.42 Å². The van der Waals surface area contributed by atoms with E-state index in [4.69, 9.17) is 16.3 Å². The van der Waals surface area contributed by atoms with E-state index in [-0.39, 0.29) is 0 Å². The highest BCUT2D eigenvalue weighted by Gasteiger charge is 2.22. The van der Waals surface area contributed by atoms with E-state index in [2.05, 4.69) is 12.2 Å². The molecule has 1 saturated heterocycles. The van der Waals surface area contributed by atoms with Crippen LogP contribution < -0.4 is 0 Å². The molecule has 2 heteroatoms. The number of rotatable bonds is 0. The smallest absolute Gasteiger partial charge is 0.0534 e. The molecule has 1 heterocycles. The van der Waals surface area contributed by atoms with Gasteiger partial charge in [-0.25, -0.2) is 0 Å². The van der Waals surface area contributed by atoms with Crippen LogP contribution in [0.4, 0.5) is 0 Å². The second-order valence-electron chi connectivity index (χ2n) is 3.46. The maximum atomic E-state index is 5.92. The Bertz CT molecular complexity index is 220. The molecule has 1 fully saturated rings. The molecule has 2 aliphatic rings. The molecular formula is C10H13ClO. The minimum absolute atomic E-state index is 0.565. The fourth-order valence-corrected chi connectivity index (χ4v) is 2.09. The second-order valence-corrected chi connectivity index (χ2v) is 3.89. The third kappa shape index (κ3) is 1.73. The Kier molecular flexibility index (Phi) is 2.52. The van der Waals surface area contributed by atoms with Crippen LogP contribution in [-0.2, 0) is 4.74 Å². The first kappa shape index (κ1) is 8.33. The van der Waals surface area contributed by atoms with Crippen molar-refractivity contribution < 1.29 is 4.74 Å². The van der Waals surface area contributed by atoms with Crippen LogP contribution in [0.2, 0.25) is 0 Å². The van der Waals surface area contributed by atoms with Gasteiger partial charge in [0, 0.05) is 17.6 Å². The lowest BCUT2D eigenvalue weighted by atomic mass is 9.86. The molecule has 2 atom stereocenters. The fraction of sp³-hybridized carbons (Fsp3) is 0.600. The average Bonchev–Trinajstić information content (AvgIpc) is 2.28. The van der Waals surface area contributed by atoms with Crippen LogP contribution in [0.1, 0.15) is 12.8 Å². The van der Waals surface area contributed by atoms with E-state index in [9.17, 15) is 0 Å².